The van der Waals surface area contributed by atoms with Gasteiger partial charge in [-0.15, -0.1) is 0 Å². The molecule has 1 amide bonds. The van der Waals surface area contributed by atoms with Gasteiger partial charge in [-0.25, -0.2) is 0 Å². The van der Waals surface area contributed by atoms with Gasteiger partial charge in [0, 0.05) is 30.9 Å². The van der Waals surface area contributed by atoms with Gasteiger partial charge in [-0.3, -0.25) is 14.4 Å². The zero-order chi connectivity index (χ0) is 18.6. The van der Waals surface area contributed by atoms with E-state index in [9.17, 15) is 9.90 Å². The van der Waals surface area contributed by atoms with Gasteiger partial charge in [-0.1, -0.05) is 17.7 Å². The van der Waals surface area contributed by atoms with Crippen LogP contribution in [0.4, 0.5) is 5.82 Å². The fraction of sp³-hybridized carbons (Fsp3) is 0.444. The number of hydrogen-bond acceptors (Lipinski definition) is 5. The maximum absolute atomic E-state index is 12.2. The number of nitrogens with one attached hydrogen (secondary N) is 1. The minimum Gasteiger partial charge on any atom is -0.490 e. The number of ether oxygens (including phenoxy) is 1. The number of aryl methyl sites for hydroxylation is 1. The van der Waals surface area contributed by atoms with E-state index in [0.29, 0.717) is 29.6 Å². The number of carbonyl (C=O) groups is 1. The zero-order valence-electron chi connectivity index (χ0n) is 14.7. The number of halogens is 1. The van der Waals surface area contributed by atoms with Crippen LogP contribution in [0.15, 0.2) is 36.5 Å². The van der Waals surface area contributed by atoms with Crippen LogP contribution in [0.2, 0.25) is 5.02 Å². The minimum atomic E-state index is -0.994. The van der Waals surface area contributed by atoms with E-state index in [1.807, 2.05) is 4.90 Å². The smallest absolute Gasteiger partial charge is 0.239 e. The molecule has 1 atom stereocenters. The fourth-order valence-electron chi connectivity index (χ4n) is 3.10. The first kappa shape index (κ1) is 18.7. The molecule has 2 aromatic rings. The molecule has 1 aliphatic heterocycles. The number of aromatic nitrogens is 2. The minimum absolute atomic E-state index is 0.149. The van der Waals surface area contributed by atoms with Crippen LogP contribution in [0.25, 0.3) is 0 Å². The number of benzene rings is 1. The number of nitrogens with zero attached hydrogens (tertiary/aromatic N) is 3. The van der Waals surface area contributed by atoms with Gasteiger partial charge in [-0.05, 0) is 37.6 Å². The van der Waals surface area contributed by atoms with Crippen LogP contribution in [0.1, 0.15) is 12.8 Å². The number of rotatable bonds is 6. The van der Waals surface area contributed by atoms with Crippen LogP contribution in [-0.2, 0) is 11.8 Å². The summed E-state index contributed by atoms with van der Waals surface area (Å²) in [6, 6.07) is 8.83. The quantitative estimate of drug-likeness (QED) is 0.802. The molecule has 7 nitrogen and oxygen atoms in total. The molecule has 140 valence electrons. The standard InChI is InChI=1S/C18H23ClN4O3/c1-22-9-6-16(21-22)20-17(24)11-23-8-3-7-18(25,12-23)13-26-15-5-2-4-14(19)10-15/h2,4-6,9-10,25H,3,7-8,11-13H2,1H3,(H,20,21,24). The first-order valence-electron chi connectivity index (χ1n) is 8.54. The Kier molecular flexibility index (Phi) is 5.80. The molecular formula is C18H23ClN4O3. The number of amides is 1. The Morgan fingerprint density at radius 1 is 1.46 bits per heavy atom. The molecule has 1 aromatic heterocycles. The van der Waals surface area contributed by atoms with E-state index in [1.165, 1.54) is 0 Å². The van der Waals surface area contributed by atoms with Crippen molar-refractivity contribution in [2.45, 2.75) is 18.4 Å². The monoisotopic (exact) mass is 378 g/mol. The van der Waals surface area contributed by atoms with Gasteiger partial charge < -0.3 is 15.2 Å². The molecule has 0 spiro atoms. The third-order valence-corrected chi connectivity index (χ3v) is 4.52. The molecule has 1 saturated heterocycles. The van der Waals surface area contributed by atoms with E-state index in [2.05, 4.69) is 10.4 Å². The van der Waals surface area contributed by atoms with Crippen molar-refractivity contribution in [3.8, 4) is 5.75 Å². The number of likely N-dealkylation sites (tertiary alicyclic amines) is 1. The Labute approximate surface area is 157 Å². The Morgan fingerprint density at radius 2 is 2.31 bits per heavy atom. The highest BCUT2D eigenvalue weighted by atomic mass is 35.5. The molecule has 3 rings (SSSR count). The molecule has 0 saturated carbocycles. The number of β-amino-alcohol motifs (C(OH)–C–C–N with tert-alkyl or cyclic N) is 1. The second-order valence-corrected chi connectivity index (χ2v) is 7.14. The van der Waals surface area contributed by atoms with E-state index < -0.39 is 5.60 Å². The largest absolute Gasteiger partial charge is 0.490 e. The van der Waals surface area contributed by atoms with Gasteiger partial charge in [0.25, 0.3) is 0 Å². The number of carbonyl (C=O) groups excluding carboxylic acids is 1. The van der Waals surface area contributed by atoms with Gasteiger partial charge >= 0.3 is 0 Å². The van der Waals surface area contributed by atoms with Gasteiger partial charge in [0.15, 0.2) is 5.82 Å². The molecule has 0 radical (unpaired) electrons. The summed E-state index contributed by atoms with van der Waals surface area (Å²) in [6.45, 7) is 1.50. The lowest BCUT2D eigenvalue weighted by atomic mass is 9.93. The van der Waals surface area contributed by atoms with Crippen LogP contribution in [0.3, 0.4) is 0 Å². The fourth-order valence-corrected chi connectivity index (χ4v) is 3.28. The van der Waals surface area contributed by atoms with Crippen molar-refractivity contribution in [2.75, 3.05) is 31.6 Å². The van der Waals surface area contributed by atoms with Gasteiger partial charge in [0.1, 0.15) is 18.0 Å². The molecule has 1 aromatic carbocycles. The highest BCUT2D eigenvalue weighted by molar-refractivity contribution is 6.30. The average Bonchev–Trinajstić information content (AvgIpc) is 2.98. The lowest BCUT2D eigenvalue weighted by Crippen LogP contribution is -2.53. The molecule has 0 bridgehead atoms. The summed E-state index contributed by atoms with van der Waals surface area (Å²) in [5, 5.41) is 18.3. The Balaban J connectivity index is 1.51. The zero-order valence-corrected chi connectivity index (χ0v) is 15.4. The van der Waals surface area contributed by atoms with Gasteiger partial charge in [-0.2, -0.15) is 5.10 Å². The number of piperidine rings is 1. The Bertz CT molecular complexity index is 766. The van der Waals surface area contributed by atoms with Crippen molar-refractivity contribution in [1.29, 1.82) is 0 Å². The maximum Gasteiger partial charge on any atom is 0.239 e. The lowest BCUT2D eigenvalue weighted by Gasteiger charge is -2.38. The molecule has 8 heteroatoms. The summed E-state index contributed by atoms with van der Waals surface area (Å²) in [5.41, 5.74) is -0.994. The molecule has 26 heavy (non-hydrogen) atoms. The van der Waals surface area contributed by atoms with Gasteiger partial charge in [0.05, 0.1) is 6.54 Å². The van der Waals surface area contributed by atoms with Crippen molar-refractivity contribution in [3.05, 3.63) is 41.6 Å². The van der Waals surface area contributed by atoms with Crippen LogP contribution in [0, 0.1) is 0 Å². The van der Waals surface area contributed by atoms with E-state index in [1.54, 1.807) is 48.3 Å². The third-order valence-electron chi connectivity index (χ3n) is 4.29. The van der Waals surface area contributed by atoms with Crippen LogP contribution in [-0.4, -0.2) is 57.5 Å². The summed E-state index contributed by atoms with van der Waals surface area (Å²) in [7, 11) is 1.79. The highest BCUT2D eigenvalue weighted by Gasteiger charge is 2.34. The molecule has 2 heterocycles. The second kappa shape index (κ2) is 8.07. The molecule has 0 aliphatic carbocycles. The average molecular weight is 379 g/mol. The normalized spacial score (nSPS) is 20.7. The van der Waals surface area contributed by atoms with Crippen molar-refractivity contribution in [2.24, 2.45) is 7.05 Å². The first-order chi connectivity index (χ1) is 12.4. The van der Waals surface area contributed by atoms with Crippen LogP contribution >= 0.6 is 11.6 Å². The summed E-state index contributed by atoms with van der Waals surface area (Å²) in [5.74, 6) is 0.994. The van der Waals surface area contributed by atoms with E-state index in [-0.39, 0.29) is 19.1 Å². The van der Waals surface area contributed by atoms with Crippen molar-refractivity contribution < 1.29 is 14.6 Å². The SMILES string of the molecule is Cn1ccc(NC(=O)CN2CCCC(O)(COc3cccc(Cl)c3)C2)n1. The Morgan fingerprint density at radius 3 is 3.04 bits per heavy atom. The number of aliphatic hydroxyl groups is 1. The van der Waals surface area contributed by atoms with Crippen LogP contribution in [0.5, 0.6) is 5.75 Å². The third kappa shape index (κ3) is 5.20. The lowest BCUT2D eigenvalue weighted by molar-refractivity contribution is -0.119. The van der Waals surface area contributed by atoms with Gasteiger partial charge in [0.2, 0.25) is 5.91 Å². The first-order valence-corrected chi connectivity index (χ1v) is 8.92. The van der Waals surface area contributed by atoms with E-state index >= 15 is 0 Å². The predicted molar refractivity (Wildman–Crippen MR) is 99.4 cm³/mol. The summed E-state index contributed by atoms with van der Waals surface area (Å²) >= 11 is 5.95. The van der Waals surface area contributed by atoms with Crippen LogP contribution < -0.4 is 10.1 Å². The molecule has 2 N–H and O–H groups in total. The molecule has 1 aliphatic rings. The predicted octanol–water partition coefficient (Wildman–Crippen LogP) is 1.92. The van der Waals surface area contributed by atoms with Crippen molar-refractivity contribution in [3.63, 3.8) is 0 Å². The molecule has 1 unspecified atom stereocenters. The molecule has 1 fully saturated rings. The highest BCUT2D eigenvalue weighted by Crippen LogP contribution is 2.24. The Hall–Kier alpha value is -2.09. The number of hydrogen-bond donors (Lipinski definition) is 2. The second-order valence-electron chi connectivity index (χ2n) is 6.71. The summed E-state index contributed by atoms with van der Waals surface area (Å²) < 4.78 is 7.33. The maximum atomic E-state index is 12.2. The van der Waals surface area contributed by atoms with Crippen molar-refractivity contribution >= 4 is 23.3 Å². The molecular weight excluding hydrogens is 356 g/mol. The summed E-state index contributed by atoms with van der Waals surface area (Å²) in [4.78, 5) is 14.1. The topological polar surface area (TPSA) is 79.6 Å². The van der Waals surface area contributed by atoms with E-state index in [4.69, 9.17) is 16.3 Å². The van der Waals surface area contributed by atoms with Crippen molar-refractivity contribution in [1.82, 2.24) is 14.7 Å². The summed E-state index contributed by atoms with van der Waals surface area (Å²) in [6.07, 6.45) is 3.20. The van der Waals surface area contributed by atoms with E-state index in [0.717, 1.165) is 13.0 Å². The number of anilines is 1.